The van der Waals surface area contributed by atoms with Crippen molar-refractivity contribution in [3.8, 4) is 11.1 Å². The molecule has 2 aliphatic rings. The highest BCUT2D eigenvalue weighted by molar-refractivity contribution is 5.97. The van der Waals surface area contributed by atoms with E-state index in [2.05, 4.69) is 24.3 Å². The number of rotatable bonds is 1. The summed E-state index contributed by atoms with van der Waals surface area (Å²) < 4.78 is 0. The molecule has 0 spiro atoms. The Hall–Kier alpha value is -2.61. The Morgan fingerprint density at radius 3 is 1.95 bits per heavy atom. The number of hydrogen-bond donors (Lipinski definition) is 0. The maximum atomic E-state index is 12.9. The molecule has 0 saturated heterocycles. The topological polar surface area (TPSA) is 20.3 Å². The van der Waals surface area contributed by atoms with Gasteiger partial charge in [0.2, 0.25) is 5.91 Å². The van der Waals surface area contributed by atoms with Gasteiger partial charge in [0, 0.05) is 12.4 Å². The summed E-state index contributed by atoms with van der Waals surface area (Å²) in [5.41, 5.74) is 4.57. The van der Waals surface area contributed by atoms with Gasteiger partial charge in [-0.05, 0) is 28.7 Å². The molecule has 1 aliphatic heterocycles. The molecule has 0 unspecified atom stereocenters. The number of allylic oxidation sites excluding steroid dienone is 2. The van der Waals surface area contributed by atoms with E-state index in [1.54, 1.807) is 4.90 Å². The van der Waals surface area contributed by atoms with Crippen LogP contribution >= 0.6 is 0 Å². The number of amides is 1. The lowest BCUT2D eigenvalue weighted by Crippen LogP contribution is -2.27. The average molecular weight is 273 g/mol. The van der Waals surface area contributed by atoms with Crippen LogP contribution in [0.15, 0.2) is 73.1 Å². The predicted octanol–water partition coefficient (Wildman–Crippen LogP) is 4.06. The fourth-order valence-corrected chi connectivity index (χ4v) is 3.19. The third kappa shape index (κ3) is 1.83. The quantitative estimate of drug-likeness (QED) is 0.767. The van der Waals surface area contributed by atoms with Crippen LogP contribution in [0.2, 0.25) is 0 Å². The van der Waals surface area contributed by atoms with Crippen molar-refractivity contribution in [1.82, 2.24) is 4.90 Å². The van der Waals surface area contributed by atoms with Gasteiger partial charge in [-0.1, -0.05) is 60.7 Å². The van der Waals surface area contributed by atoms with E-state index in [0.29, 0.717) is 0 Å². The third-order valence-corrected chi connectivity index (χ3v) is 4.14. The molecule has 1 amide bonds. The zero-order chi connectivity index (χ0) is 14.2. The molecule has 0 aromatic heterocycles. The van der Waals surface area contributed by atoms with Crippen LogP contribution in [-0.2, 0) is 4.79 Å². The van der Waals surface area contributed by atoms with Gasteiger partial charge >= 0.3 is 0 Å². The molecule has 4 rings (SSSR count). The highest BCUT2D eigenvalue weighted by atomic mass is 16.2. The van der Waals surface area contributed by atoms with Gasteiger partial charge in [0.1, 0.15) is 0 Å². The molecule has 0 fully saturated rings. The Bertz CT molecular complexity index is 715. The van der Waals surface area contributed by atoms with Crippen LogP contribution in [0.1, 0.15) is 23.5 Å². The van der Waals surface area contributed by atoms with E-state index in [9.17, 15) is 4.79 Å². The van der Waals surface area contributed by atoms with E-state index in [0.717, 1.165) is 17.5 Å². The minimum absolute atomic E-state index is 0.111. The van der Waals surface area contributed by atoms with Gasteiger partial charge in [0.05, 0.1) is 5.92 Å². The number of nitrogens with zero attached hydrogens (tertiary/aromatic N) is 1. The molecule has 0 radical (unpaired) electrons. The molecular weight excluding hydrogens is 258 g/mol. The van der Waals surface area contributed by atoms with E-state index in [-0.39, 0.29) is 11.8 Å². The van der Waals surface area contributed by atoms with Crippen LogP contribution in [0.4, 0.5) is 0 Å². The molecule has 0 N–H and O–H groups in total. The number of carbonyl (C=O) groups is 1. The zero-order valence-electron chi connectivity index (χ0n) is 11.6. The van der Waals surface area contributed by atoms with Gasteiger partial charge in [-0.15, -0.1) is 0 Å². The van der Waals surface area contributed by atoms with Gasteiger partial charge in [0.15, 0.2) is 0 Å². The highest BCUT2D eigenvalue weighted by Gasteiger charge is 2.35. The molecule has 2 nitrogen and oxygen atoms in total. The van der Waals surface area contributed by atoms with Crippen molar-refractivity contribution < 1.29 is 4.79 Å². The molecular formula is C19H15NO. The molecule has 1 aliphatic carbocycles. The van der Waals surface area contributed by atoms with Crippen LogP contribution < -0.4 is 0 Å². The number of fused-ring (bicyclic) bond motifs is 3. The Morgan fingerprint density at radius 1 is 0.857 bits per heavy atom. The second kappa shape index (κ2) is 4.74. The van der Waals surface area contributed by atoms with Crippen LogP contribution in [0.5, 0.6) is 0 Å². The number of benzene rings is 2. The summed E-state index contributed by atoms with van der Waals surface area (Å²) in [4.78, 5) is 14.7. The summed E-state index contributed by atoms with van der Waals surface area (Å²) in [5, 5.41) is 0. The fourth-order valence-electron chi connectivity index (χ4n) is 3.19. The van der Waals surface area contributed by atoms with Crippen molar-refractivity contribution >= 4 is 5.91 Å². The zero-order valence-corrected chi connectivity index (χ0v) is 11.6. The molecule has 0 bridgehead atoms. The molecule has 102 valence electrons. The maximum Gasteiger partial charge on any atom is 0.242 e. The second-order valence-corrected chi connectivity index (χ2v) is 5.36. The first kappa shape index (κ1) is 12.2. The monoisotopic (exact) mass is 273 g/mol. The summed E-state index contributed by atoms with van der Waals surface area (Å²) in [6, 6.07) is 16.4. The summed E-state index contributed by atoms with van der Waals surface area (Å²) in [6.45, 7) is 0. The van der Waals surface area contributed by atoms with E-state index in [1.165, 1.54) is 11.1 Å². The van der Waals surface area contributed by atoms with E-state index in [4.69, 9.17) is 0 Å². The highest BCUT2D eigenvalue weighted by Crippen LogP contribution is 2.45. The number of carbonyl (C=O) groups excluding carboxylic acids is 1. The van der Waals surface area contributed by atoms with Crippen molar-refractivity contribution in [2.75, 3.05) is 0 Å². The molecule has 1 heterocycles. The lowest BCUT2D eigenvalue weighted by atomic mass is 9.95. The Kier molecular flexibility index (Phi) is 2.74. The maximum absolute atomic E-state index is 12.9. The van der Waals surface area contributed by atoms with Crippen LogP contribution in [0, 0.1) is 0 Å². The van der Waals surface area contributed by atoms with E-state index in [1.807, 2.05) is 48.8 Å². The van der Waals surface area contributed by atoms with Gasteiger partial charge in [-0.3, -0.25) is 9.69 Å². The van der Waals surface area contributed by atoms with Crippen LogP contribution in [-0.4, -0.2) is 10.8 Å². The Morgan fingerprint density at radius 2 is 1.38 bits per heavy atom. The smallest absolute Gasteiger partial charge is 0.242 e. The normalized spacial score (nSPS) is 15.9. The molecule has 2 aromatic rings. The van der Waals surface area contributed by atoms with Gasteiger partial charge in [0.25, 0.3) is 0 Å². The number of hydrogen-bond acceptors (Lipinski definition) is 1. The summed E-state index contributed by atoms with van der Waals surface area (Å²) >= 11 is 0. The minimum Gasteiger partial charge on any atom is -0.294 e. The lowest BCUT2D eigenvalue weighted by molar-refractivity contribution is -0.127. The SMILES string of the molecule is O=C(C1c2ccccc2-c2ccccc21)N1C=CCC=C1. The Labute approximate surface area is 124 Å². The van der Waals surface area contributed by atoms with Gasteiger partial charge in [-0.25, -0.2) is 0 Å². The largest absolute Gasteiger partial charge is 0.294 e. The molecule has 2 heteroatoms. The Balaban J connectivity index is 1.85. The molecule has 21 heavy (non-hydrogen) atoms. The van der Waals surface area contributed by atoms with Crippen molar-refractivity contribution in [2.45, 2.75) is 12.3 Å². The minimum atomic E-state index is -0.204. The lowest BCUT2D eigenvalue weighted by Gasteiger charge is -2.21. The fraction of sp³-hybridized carbons (Fsp3) is 0.105. The van der Waals surface area contributed by atoms with E-state index >= 15 is 0 Å². The summed E-state index contributed by atoms with van der Waals surface area (Å²) in [5.74, 6) is -0.0931. The predicted molar refractivity (Wildman–Crippen MR) is 83.5 cm³/mol. The van der Waals surface area contributed by atoms with Crippen molar-refractivity contribution in [2.24, 2.45) is 0 Å². The average Bonchev–Trinajstić information content (AvgIpc) is 2.90. The van der Waals surface area contributed by atoms with Crippen LogP contribution in [0.3, 0.4) is 0 Å². The van der Waals surface area contributed by atoms with Gasteiger partial charge in [-0.2, -0.15) is 0 Å². The van der Waals surface area contributed by atoms with Crippen LogP contribution in [0.25, 0.3) is 11.1 Å². The van der Waals surface area contributed by atoms with E-state index < -0.39 is 0 Å². The van der Waals surface area contributed by atoms with Crippen molar-refractivity contribution in [3.63, 3.8) is 0 Å². The standard InChI is InChI=1S/C19H15NO/c21-19(20-12-6-1-7-13-20)18-16-10-4-2-8-14(16)15-9-3-5-11-17(15)18/h2-13,18H,1H2. The molecule has 2 aromatic carbocycles. The van der Waals surface area contributed by atoms with Crippen molar-refractivity contribution in [1.29, 1.82) is 0 Å². The molecule has 0 atom stereocenters. The van der Waals surface area contributed by atoms with Gasteiger partial charge < -0.3 is 0 Å². The first-order chi connectivity index (χ1) is 10.4. The first-order valence-electron chi connectivity index (χ1n) is 7.20. The third-order valence-electron chi connectivity index (χ3n) is 4.14. The molecule has 0 saturated carbocycles. The summed E-state index contributed by atoms with van der Waals surface area (Å²) in [7, 11) is 0. The first-order valence-corrected chi connectivity index (χ1v) is 7.20. The van der Waals surface area contributed by atoms with Crippen molar-refractivity contribution in [3.05, 3.63) is 84.2 Å². The summed E-state index contributed by atoms with van der Waals surface area (Å²) in [6.07, 6.45) is 8.63. The second-order valence-electron chi connectivity index (χ2n) is 5.36.